The van der Waals surface area contributed by atoms with Crippen LogP contribution in [-0.4, -0.2) is 32.8 Å². The third-order valence-electron chi connectivity index (χ3n) is 2.31. The number of hydrogen-bond acceptors (Lipinski definition) is 6. The van der Waals surface area contributed by atoms with Crippen molar-refractivity contribution in [3.05, 3.63) is 36.0 Å². The summed E-state index contributed by atoms with van der Waals surface area (Å²) in [5.74, 6) is -0.666. The minimum absolute atomic E-state index is 0.00745. The summed E-state index contributed by atoms with van der Waals surface area (Å²) in [5, 5.41) is 2.81. The van der Waals surface area contributed by atoms with E-state index in [1.54, 1.807) is 31.2 Å². The maximum absolute atomic E-state index is 11.8. The zero-order valence-electron chi connectivity index (χ0n) is 11.6. The van der Waals surface area contributed by atoms with Crippen molar-refractivity contribution < 1.29 is 23.8 Å². The van der Waals surface area contributed by atoms with Gasteiger partial charge in [0.15, 0.2) is 0 Å². The Morgan fingerprint density at radius 2 is 2.05 bits per heavy atom. The predicted molar refractivity (Wildman–Crippen MR) is 73.3 cm³/mol. The Labute approximate surface area is 117 Å². The number of carbonyl (C=O) groups excluding carboxylic acids is 2. The first-order chi connectivity index (χ1) is 9.60. The van der Waals surface area contributed by atoms with Crippen LogP contribution < -0.4 is 10.1 Å². The molecule has 1 aromatic rings. The number of nitrogens with one attached hydrogen (secondary N) is 1. The summed E-state index contributed by atoms with van der Waals surface area (Å²) in [6.07, 6.45) is 1.04. The molecule has 0 amide bonds. The first-order valence-corrected chi connectivity index (χ1v) is 5.98. The quantitative estimate of drug-likeness (QED) is 0.631. The fraction of sp³-hybridized carbons (Fsp3) is 0.286. The molecule has 20 heavy (non-hydrogen) atoms. The second kappa shape index (κ2) is 7.83. The molecule has 0 fully saturated rings. The lowest BCUT2D eigenvalue weighted by molar-refractivity contribution is -0.140. The number of benzene rings is 1. The molecule has 6 nitrogen and oxygen atoms in total. The summed E-state index contributed by atoms with van der Waals surface area (Å²) < 4.78 is 14.5. The first-order valence-electron chi connectivity index (χ1n) is 5.98. The van der Waals surface area contributed by atoms with Crippen LogP contribution in [0.5, 0.6) is 5.75 Å². The molecule has 1 rings (SSSR count). The molecule has 1 N–H and O–H groups in total. The molecule has 108 valence electrons. The molecular weight excluding hydrogens is 262 g/mol. The van der Waals surface area contributed by atoms with Gasteiger partial charge in [-0.25, -0.2) is 9.59 Å². The number of methoxy groups -OCH3 is 2. The molecule has 0 aliphatic rings. The Balaban J connectivity index is 2.96. The molecular formula is C14H17NO5. The Hall–Kier alpha value is -2.50. The summed E-state index contributed by atoms with van der Waals surface area (Å²) in [5.41, 5.74) is 0.583. The number of rotatable bonds is 6. The topological polar surface area (TPSA) is 73.9 Å². The average Bonchev–Trinajstić information content (AvgIpc) is 2.46. The summed E-state index contributed by atoms with van der Waals surface area (Å²) >= 11 is 0. The Morgan fingerprint density at radius 3 is 2.65 bits per heavy atom. The van der Waals surface area contributed by atoms with Gasteiger partial charge in [-0.1, -0.05) is 6.07 Å². The average molecular weight is 279 g/mol. The van der Waals surface area contributed by atoms with Crippen molar-refractivity contribution in [2.45, 2.75) is 6.92 Å². The molecule has 0 radical (unpaired) electrons. The number of anilines is 1. The van der Waals surface area contributed by atoms with E-state index in [1.807, 2.05) is 0 Å². The molecule has 0 saturated heterocycles. The lowest BCUT2D eigenvalue weighted by Crippen LogP contribution is -2.16. The van der Waals surface area contributed by atoms with E-state index in [-0.39, 0.29) is 12.3 Å². The van der Waals surface area contributed by atoms with Crippen LogP contribution in [0.4, 0.5) is 5.69 Å². The van der Waals surface area contributed by atoms with Gasteiger partial charge in [-0.15, -0.1) is 0 Å². The number of ether oxygens (including phenoxy) is 3. The zero-order valence-corrected chi connectivity index (χ0v) is 11.6. The Bertz CT molecular complexity index is 510. The van der Waals surface area contributed by atoms with Gasteiger partial charge >= 0.3 is 11.9 Å². The van der Waals surface area contributed by atoms with Gasteiger partial charge in [0, 0.05) is 11.8 Å². The summed E-state index contributed by atoms with van der Waals surface area (Å²) in [4.78, 5) is 23.0. The van der Waals surface area contributed by atoms with Crippen LogP contribution in [-0.2, 0) is 19.1 Å². The van der Waals surface area contributed by atoms with Gasteiger partial charge in [-0.05, 0) is 19.1 Å². The highest BCUT2D eigenvalue weighted by Gasteiger charge is 2.13. The molecule has 0 aliphatic carbocycles. The monoisotopic (exact) mass is 279 g/mol. The Morgan fingerprint density at radius 1 is 1.30 bits per heavy atom. The second-order valence-electron chi connectivity index (χ2n) is 3.66. The number of carbonyl (C=O) groups is 2. The van der Waals surface area contributed by atoms with Gasteiger partial charge in [0.25, 0.3) is 0 Å². The fourth-order valence-corrected chi connectivity index (χ4v) is 1.39. The second-order valence-corrected chi connectivity index (χ2v) is 3.66. The molecule has 0 bridgehead atoms. The van der Waals surface area contributed by atoms with Crippen molar-refractivity contribution in [3.8, 4) is 5.75 Å². The predicted octanol–water partition coefficient (Wildman–Crippen LogP) is 1.73. The maximum Gasteiger partial charge on any atom is 0.355 e. The summed E-state index contributed by atoms with van der Waals surface area (Å²) in [6, 6.07) is 6.93. The lowest BCUT2D eigenvalue weighted by atomic mass is 10.2. The third-order valence-corrected chi connectivity index (χ3v) is 2.31. The molecule has 1 aromatic carbocycles. The highest BCUT2D eigenvalue weighted by Crippen LogP contribution is 2.18. The van der Waals surface area contributed by atoms with E-state index < -0.39 is 11.9 Å². The van der Waals surface area contributed by atoms with Crippen LogP contribution in [0.1, 0.15) is 6.92 Å². The van der Waals surface area contributed by atoms with Gasteiger partial charge in [0.2, 0.25) is 0 Å². The van der Waals surface area contributed by atoms with Crippen molar-refractivity contribution in [3.63, 3.8) is 0 Å². The Kier molecular flexibility index (Phi) is 6.09. The molecule has 0 saturated carbocycles. The molecule has 6 heteroatoms. The fourth-order valence-electron chi connectivity index (χ4n) is 1.39. The molecule has 0 atom stereocenters. The molecule has 0 aliphatic heterocycles. The first kappa shape index (κ1) is 15.6. The van der Waals surface area contributed by atoms with Crippen molar-refractivity contribution >= 4 is 17.6 Å². The van der Waals surface area contributed by atoms with Crippen LogP contribution in [0.25, 0.3) is 0 Å². The van der Waals surface area contributed by atoms with Crippen LogP contribution in [0, 0.1) is 0 Å². The summed E-state index contributed by atoms with van der Waals surface area (Å²) in [7, 11) is 2.77. The van der Waals surface area contributed by atoms with Crippen LogP contribution >= 0.6 is 0 Å². The zero-order chi connectivity index (χ0) is 15.0. The van der Waals surface area contributed by atoms with Crippen LogP contribution in [0.15, 0.2) is 36.0 Å². The van der Waals surface area contributed by atoms with Crippen molar-refractivity contribution in [2.75, 3.05) is 26.1 Å². The van der Waals surface area contributed by atoms with E-state index >= 15 is 0 Å². The van der Waals surface area contributed by atoms with Gasteiger partial charge in [-0.3, -0.25) is 0 Å². The van der Waals surface area contributed by atoms with Crippen molar-refractivity contribution in [2.24, 2.45) is 0 Å². The lowest BCUT2D eigenvalue weighted by Gasteiger charge is -2.10. The molecule has 0 heterocycles. The highest BCUT2D eigenvalue weighted by molar-refractivity contribution is 5.98. The van der Waals surface area contributed by atoms with E-state index in [4.69, 9.17) is 9.47 Å². The van der Waals surface area contributed by atoms with E-state index in [1.165, 1.54) is 14.2 Å². The van der Waals surface area contributed by atoms with Gasteiger partial charge in [0.05, 0.1) is 26.9 Å². The summed E-state index contributed by atoms with van der Waals surface area (Å²) in [6.45, 7) is 1.89. The van der Waals surface area contributed by atoms with E-state index in [0.717, 1.165) is 6.08 Å². The van der Waals surface area contributed by atoms with Crippen molar-refractivity contribution in [1.82, 2.24) is 0 Å². The normalized spacial score (nSPS) is 10.7. The van der Waals surface area contributed by atoms with E-state index in [2.05, 4.69) is 10.1 Å². The number of hydrogen-bond donors (Lipinski definition) is 1. The van der Waals surface area contributed by atoms with Crippen LogP contribution in [0.2, 0.25) is 0 Å². The minimum Gasteiger partial charge on any atom is -0.497 e. The SMILES string of the molecule is CCOC(=O)/C(=C\C(=O)OC)Nc1cccc(OC)c1. The van der Waals surface area contributed by atoms with Gasteiger partial charge in [-0.2, -0.15) is 0 Å². The largest absolute Gasteiger partial charge is 0.497 e. The smallest absolute Gasteiger partial charge is 0.355 e. The minimum atomic E-state index is -0.650. The molecule has 0 unspecified atom stereocenters. The standard InChI is InChI=1S/C14H17NO5/c1-4-20-14(17)12(9-13(16)19-3)15-10-6-5-7-11(8-10)18-2/h5-9,15H,4H2,1-3H3/b12-9+. The van der Waals surface area contributed by atoms with Gasteiger partial charge in [0.1, 0.15) is 11.4 Å². The molecule has 0 aromatic heterocycles. The number of esters is 2. The van der Waals surface area contributed by atoms with E-state index in [9.17, 15) is 9.59 Å². The van der Waals surface area contributed by atoms with Gasteiger partial charge < -0.3 is 19.5 Å². The molecule has 0 spiro atoms. The van der Waals surface area contributed by atoms with Crippen molar-refractivity contribution in [1.29, 1.82) is 0 Å². The van der Waals surface area contributed by atoms with E-state index in [0.29, 0.717) is 11.4 Å². The highest BCUT2D eigenvalue weighted by atomic mass is 16.5. The van der Waals surface area contributed by atoms with Crippen LogP contribution in [0.3, 0.4) is 0 Å². The maximum atomic E-state index is 11.8. The third kappa shape index (κ3) is 4.64.